The van der Waals surface area contributed by atoms with Crippen molar-refractivity contribution in [2.45, 2.75) is 51.1 Å². The fourth-order valence-corrected chi connectivity index (χ4v) is 2.60. The summed E-state index contributed by atoms with van der Waals surface area (Å²) in [7, 11) is 0. The molecule has 1 aromatic rings. The van der Waals surface area contributed by atoms with E-state index < -0.39 is 48.2 Å². The molecular formula is C16H17F6N3O3. The number of carbonyl (C=O) groups excluding carboxylic acids is 1. The summed E-state index contributed by atoms with van der Waals surface area (Å²) in [6.07, 6.45) is -9.07. The van der Waals surface area contributed by atoms with E-state index >= 15 is 0 Å². The van der Waals surface area contributed by atoms with Gasteiger partial charge in [0.05, 0.1) is 6.04 Å². The highest BCUT2D eigenvalue weighted by molar-refractivity contribution is 5.95. The van der Waals surface area contributed by atoms with Gasteiger partial charge in [0.2, 0.25) is 5.91 Å². The monoisotopic (exact) mass is 416 g/mol. The highest BCUT2D eigenvalue weighted by Crippen LogP contribution is 2.53. The lowest BCUT2D eigenvalue weighted by Gasteiger charge is -2.16. The molecule has 0 bridgehead atoms. The third kappa shape index (κ3) is 5.12. The lowest BCUT2D eigenvalue weighted by Crippen LogP contribution is -2.38. The molecule has 156 valence electrons. The normalized spacial score (nSPS) is 28.0. The van der Waals surface area contributed by atoms with Crippen LogP contribution in [-0.2, 0) is 15.8 Å². The Kier molecular flexibility index (Phi) is 4.57. The minimum atomic E-state index is -5.08. The van der Waals surface area contributed by atoms with Gasteiger partial charge in [-0.15, -0.1) is 0 Å². The first-order valence-electron chi connectivity index (χ1n) is 9.30. The number of fused-ring (bicyclic) bond motifs is 1. The Hall–Kier alpha value is -2.37. The number of carbonyl (C=O) groups is 2. The van der Waals surface area contributed by atoms with Crippen molar-refractivity contribution in [3.05, 3.63) is 23.4 Å². The van der Waals surface area contributed by atoms with E-state index in [4.69, 9.17) is 14.0 Å². The molecule has 2 heterocycles. The van der Waals surface area contributed by atoms with Crippen molar-refractivity contribution < 1.29 is 45.2 Å². The van der Waals surface area contributed by atoms with Crippen LogP contribution in [0.4, 0.5) is 32.2 Å². The Morgan fingerprint density at radius 3 is 2.36 bits per heavy atom. The molecule has 0 aromatic carbocycles. The molecule has 28 heavy (non-hydrogen) atoms. The van der Waals surface area contributed by atoms with E-state index in [1.165, 1.54) is 13.0 Å². The zero-order valence-electron chi connectivity index (χ0n) is 17.2. The summed E-state index contributed by atoms with van der Waals surface area (Å²) >= 11 is 0. The summed E-state index contributed by atoms with van der Waals surface area (Å²) in [5.41, 5.74) is -1.60. The average molecular weight is 416 g/mol. The van der Waals surface area contributed by atoms with Crippen molar-refractivity contribution in [3.8, 4) is 0 Å². The van der Waals surface area contributed by atoms with Gasteiger partial charge >= 0.3 is 18.3 Å². The molecule has 2 fully saturated rings. The van der Waals surface area contributed by atoms with Gasteiger partial charge in [-0.25, -0.2) is 9.78 Å². The number of aliphatic carboxylic acids is 1. The van der Waals surface area contributed by atoms with Crippen LogP contribution in [0, 0.1) is 12.3 Å². The van der Waals surface area contributed by atoms with Crippen LogP contribution in [0.25, 0.3) is 0 Å². The van der Waals surface area contributed by atoms with Crippen molar-refractivity contribution in [3.63, 3.8) is 0 Å². The van der Waals surface area contributed by atoms with Crippen LogP contribution >= 0.6 is 0 Å². The summed E-state index contributed by atoms with van der Waals surface area (Å²) < 4.78 is 92.6. The lowest BCUT2D eigenvalue weighted by atomic mass is 10.0. The Labute approximate surface area is 159 Å². The number of aromatic nitrogens is 1. The number of amides is 1. The third-order valence-corrected chi connectivity index (χ3v) is 4.23. The number of alkyl halides is 6. The maximum atomic E-state index is 12.7. The number of carboxylic acids is 1. The second-order valence-electron chi connectivity index (χ2n) is 6.49. The van der Waals surface area contributed by atoms with E-state index in [0.29, 0.717) is 12.0 Å². The largest absolute Gasteiger partial charge is 0.490 e. The minimum Gasteiger partial charge on any atom is -0.475 e. The van der Waals surface area contributed by atoms with Gasteiger partial charge < -0.3 is 15.7 Å². The number of rotatable bonds is 2. The minimum absolute atomic E-state index is 0.137. The van der Waals surface area contributed by atoms with Crippen LogP contribution in [-0.4, -0.2) is 40.2 Å². The van der Waals surface area contributed by atoms with Gasteiger partial charge in [0.25, 0.3) is 0 Å². The molecule has 6 nitrogen and oxygen atoms in total. The number of pyridine rings is 1. The number of piperidine rings is 1. The van der Waals surface area contributed by atoms with E-state index in [-0.39, 0.29) is 18.3 Å². The predicted molar refractivity (Wildman–Crippen MR) is 84.3 cm³/mol. The number of hydrogen-bond acceptors (Lipinski definition) is 4. The van der Waals surface area contributed by atoms with Gasteiger partial charge in [0.1, 0.15) is 11.5 Å². The Morgan fingerprint density at radius 2 is 1.89 bits per heavy atom. The lowest BCUT2D eigenvalue weighted by molar-refractivity contribution is -0.192. The standard InChI is InChI=1S/C14H16F3N3O.C2HF3O2/c1-7-3-4-9(14(15,16)17)19-11(7)20-12(21)8-5-13(2)6-10(13)18-8;3-2(4,5)1(6)7/h3-4,8,10,18H,5-6H2,1-2H3,(H,19,20,21);(H,6,7)/t8-,10+,13-;/m0./s1/i2D3;. The molecule has 3 rings (SSSR count). The van der Waals surface area contributed by atoms with E-state index in [1.54, 1.807) is 0 Å². The molecule has 0 unspecified atom stereocenters. The second-order valence-corrected chi connectivity index (χ2v) is 6.49. The summed E-state index contributed by atoms with van der Waals surface area (Å²) in [6, 6.07) is 1.07. The molecule has 1 saturated heterocycles. The first-order chi connectivity index (χ1) is 13.9. The molecule has 1 aliphatic heterocycles. The van der Waals surface area contributed by atoms with Crippen LogP contribution in [0.15, 0.2) is 12.1 Å². The van der Waals surface area contributed by atoms with Crippen molar-refractivity contribution in [1.29, 1.82) is 0 Å². The van der Waals surface area contributed by atoms with Crippen molar-refractivity contribution >= 4 is 17.7 Å². The van der Waals surface area contributed by atoms with Gasteiger partial charge in [-0.05, 0) is 36.8 Å². The molecule has 1 aromatic heterocycles. The van der Waals surface area contributed by atoms with Gasteiger partial charge in [0, 0.05) is 10.2 Å². The van der Waals surface area contributed by atoms with Gasteiger partial charge in [-0.3, -0.25) is 4.79 Å². The van der Waals surface area contributed by atoms with E-state index in [9.17, 15) is 31.1 Å². The number of aryl methyl sites for hydroxylation is 1. The van der Waals surface area contributed by atoms with E-state index in [0.717, 1.165) is 6.07 Å². The first kappa shape index (κ1) is 17.7. The molecule has 0 radical (unpaired) electrons. The Morgan fingerprint density at radius 1 is 1.29 bits per heavy atom. The van der Waals surface area contributed by atoms with Gasteiger partial charge in [0.15, 0.2) is 0 Å². The van der Waals surface area contributed by atoms with Gasteiger partial charge in [-0.1, -0.05) is 12.9 Å². The molecule has 0 spiro atoms. The predicted octanol–water partition coefficient (Wildman–Crippen LogP) is 3.12. The van der Waals surface area contributed by atoms with Crippen molar-refractivity contribution in [2.24, 2.45) is 5.41 Å². The first-order valence-corrected chi connectivity index (χ1v) is 7.80. The Bertz CT molecular complexity index is 875. The van der Waals surface area contributed by atoms with E-state index in [1.807, 2.05) is 0 Å². The molecule has 3 atom stereocenters. The quantitative estimate of drug-likeness (QED) is 0.645. The maximum absolute atomic E-state index is 12.7. The van der Waals surface area contributed by atoms with Gasteiger partial charge in [-0.2, -0.15) is 26.3 Å². The Balaban J connectivity index is 0.000000423. The fourth-order valence-electron chi connectivity index (χ4n) is 2.60. The molecular weight excluding hydrogens is 396 g/mol. The summed E-state index contributed by atoms with van der Waals surface area (Å²) in [4.78, 5) is 24.6. The molecule has 3 N–H and O–H groups in total. The van der Waals surface area contributed by atoms with Crippen LogP contribution in [0.1, 0.15) is 35.1 Å². The fraction of sp³-hybridized carbons (Fsp3) is 0.562. The average Bonchev–Trinajstić information content (AvgIpc) is 3.17. The smallest absolute Gasteiger partial charge is 0.475 e. The zero-order chi connectivity index (χ0) is 24.0. The van der Waals surface area contributed by atoms with Crippen molar-refractivity contribution in [2.75, 3.05) is 5.32 Å². The van der Waals surface area contributed by atoms with Crippen LogP contribution in [0.2, 0.25) is 0 Å². The highest BCUT2D eigenvalue weighted by atomic mass is 19.4. The van der Waals surface area contributed by atoms with E-state index in [2.05, 4.69) is 15.6 Å². The van der Waals surface area contributed by atoms with Crippen molar-refractivity contribution in [1.82, 2.24) is 10.3 Å². The van der Waals surface area contributed by atoms with Crippen LogP contribution in [0.5, 0.6) is 0 Å². The number of hydrogen-bond donors (Lipinski definition) is 3. The summed E-state index contributed by atoms with van der Waals surface area (Å²) in [5, 5.41) is 12.4. The number of nitrogens with one attached hydrogen (secondary N) is 2. The molecule has 1 aliphatic carbocycles. The number of carboxylic acid groups (broad SMARTS) is 1. The van der Waals surface area contributed by atoms with Crippen LogP contribution in [0.3, 0.4) is 0 Å². The summed E-state index contributed by atoms with van der Waals surface area (Å²) in [6.45, 7) is -0.629. The zero-order valence-corrected chi connectivity index (χ0v) is 14.2. The number of anilines is 1. The molecule has 1 saturated carbocycles. The molecule has 2 aliphatic rings. The summed E-state index contributed by atoms with van der Waals surface area (Å²) in [5.74, 6) is -3.49. The maximum Gasteiger partial charge on any atom is 0.490 e. The molecule has 1 amide bonds. The van der Waals surface area contributed by atoms with Crippen LogP contribution < -0.4 is 10.6 Å². The third-order valence-electron chi connectivity index (χ3n) is 4.23. The number of nitrogens with zero attached hydrogens (tertiary/aromatic N) is 1. The number of halogens is 6. The molecule has 12 heteroatoms. The highest BCUT2D eigenvalue weighted by Gasteiger charge is 2.58. The topological polar surface area (TPSA) is 91.3 Å². The SMILES string of the molecule is O=C(O)C(F)(F)F.[2H]C([2H])([2H])[C@@]12C[C@@H](C(=O)Nc3nc(C(F)(F)F)ccc3C)N[C@@H]1C2. The second kappa shape index (κ2) is 7.22.